The fourth-order valence-corrected chi connectivity index (χ4v) is 1.43. The van der Waals surface area contributed by atoms with Crippen LogP contribution in [0.3, 0.4) is 0 Å². The lowest BCUT2D eigenvalue weighted by atomic mass is 9.96. The van der Waals surface area contributed by atoms with Gasteiger partial charge in [0, 0.05) is 5.41 Å². The van der Waals surface area contributed by atoms with Gasteiger partial charge in [-0.15, -0.1) is 0 Å². The first kappa shape index (κ1) is 11.0. The molecule has 0 aromatic heterocycles. The van der Waals surface area contributed by atoms with Gasteiger partial charge in [-0.3, -0.25) is 0 Å². The van der Waals surface area contributed by atoms with E-state index in [1.807, 2.05) is 0 Å². The summed E-state index contributed by atoms with van der Waals surface area (Å²) in [5.74, 6) is 0.604. The predicted molar refractivity (Wildman–Crippen MR) is 53.5 cm³/mol. The number of hydrogen-bond donors (Lipinski definition) is 0. The molecule has 1 aliphatic rings. The smallest absolute Gasteiger partial charge is 0.162 e. The molecule has 0 bridgehead atoms. The lowest BCUT2D eigenvalue weighted by molar-refractivity contribution is -0.129. The van der Waals surface area contributed by atoms with Crippen LogP contribution < -0.4 is 0 Å². The van der Waals surface area contributed by atoms with E-state index < -0.39 is 0 Å². The molecule has 1 rings (SSSR count). The van der Waals surface area contributed by atoms with Gasteiger partial charge >= 0.3 is 0 Å². The first-order valence-electron chi connectivity index (χ1n) is 5.22. The van der Waals surface area contributed by atoms with Crippen molar-refractivity contribution >= 4 is 0 Å². The summed E-state index contributed by atoms with van der Waals surface area (Å²) >= 11 is 0. The number of hydrogen-bond acceptors (Lipinski definition) is 2. The summed E-state index contributed by atoms with van der Waals surface area (Å²) in [5, 5.41) is 0. The van der Waals surface area contributed by atoms with E-state index in [2.05, 4.69) is 34.6 Å². The Morgan fingerprint density at radius 2 is 2.00 bits per heavy atom. The van der Waals surface area contributed by atoms with Crippen molar-refractivity contribution < 1.29 is 9.47 Å². The Kier molecular flexibility index (Phi) is 3.36. The van der Waals surface area contributed by atoms with Crippen LogP contribution >= 0.6 is 0 Å². The number of ether oxygens (including phenoxy) is 2. The molecular weight excluding hydrogens is 164 g/mol. The molecule has 0 N–H and O–H groups in total. The Balaban J connectivity index is 2.45. The van der Waals surface area contributed by atoms with Crippen LogP contribution in [0, 0.1) is 11.3 Å². The van der Waals surface area contributed by atoms with E-state index in [9.17, 15) is 0 Å². The highest BCUT2D eigenvalue weighted by atomic mass is 16.7. The van der Waals surface area contributed by atoms with E-state index >= 15 is 0 Å². The van der Waals surface area contributed by atoms with Gasteiger partial charge in [-0.1, -0.05) is 41.0 Å². The summed E-state index contributed by atoms with van der Waals surface area (Å²) < 4.78 is 11.5. The largest absolute Gasteiger partial charge is 0.349 e. The zero-order valence-corrected chi connectivity index (χ0v) is 9.46. The molecule has 2 nitrogen and oxygen atoms in total. The molecule has 3 atom stereocenters. The Morgan fingerprint density at radius 1 is 1.38 bits per heavy atom. The lowest BCUT2D eigenvalue weighted by Gasteiger charge is -2.26. The minimum Gasteiger partial charge on any atom is -0.349 e. The third-order valence-corrected chi connectivity index (χ3v) is 2.70. The Hall–Kier alpha value is -0.0800. The predicted octanol–water partition coefficient (Wildman–Crippen LogP) is 2.82. The molecule has 0 amide bonds. The quantitative estimate of drug-likeness (QED) is 0.660. The summed E-state index contributed by atoms with van der Waals surface area (Å²) in [7, 11) is 0. The van der Waals surface area contributed by atoms with Crippen molar-refractivity contribution in [1.29, 1.82) is 0 Å². The molecule has 0 saturated carbocycles. The molecular formula is C11H22O2. The second kappa shape index (κ2) is 3.97. The highest BCUT2D eigenvalue weighted by Crippen LogP contribution is 2.31. The molecule has 3 unspecified atom stereocenters. The topological polar surface area (TPSA) is 18.5 Å². The van der Waals surface area contributed by atoms with Gasteiger partial charge in [0.15, 0.2) is 6.29 Å². The van der Waals surface area contributed by atoms with E-state index in [0.29, 0.717) is 12.0 Å². The molecule has 1 aliphatic heterocycles. The minimum atomic E-state index is -0.0218. The third-order valence-electron chi connectivity index (χ3n) is 2.70. The van der Waals surface area contributed by atoms with Gasteiger partial charge in [0.05, 0.1) is 12.7 Å². The zero-order chi connectivity index (χ0) is 10.1. The highest BCUT2D eigenvalue weighted by molar-refractivity contribution is 4.77. The van der Waals surface area contributed by atoms with E-state index in [1.165, 1.54) is 0 Å². The van der Waals surface area contributed by atoms with Crippen LogP contribution in [0.25, 0.3) is 0 Å². The van der Waals surface area contributed by atoms with Gasteiger partial charge in [-0.05, 0) is 5.92 Å². The van der Waals surface area contributed by atoms with Crippen molar-refractivity contribution in [1.82, 2.24) is 0 Å². The molecule has 1 saturated heterocycles. The average molecular weight is 186 g/mol. The fraction of sp³-hybridized carbons (Fsp3) is 1.00. The van der Waals surface area contributed by atoms with Crippen LogP contribution in [0.15, 0.2) is 0 Å². The van der Waals surface area contributed by atoms with Gasteiger partial charge in [0.1, 0.15) is 0 Å². The standard InChI is InChI=1S/C11H22O2/c1-6-8(2)9-7-12-10(13-9)11(3,4)5/h8-10H,6-7H2,1-5H3. The van der Waals surface area contributed by atoms with Gasteiger partial charge in [0.2, 0.25) is 0 Å². The summed E-state index contributed by atoms with van der Waals surface area (Å²) in [5.41, 5.74) is 0.0994. The Bertz CT molecular complexity index is 160. The van der Waals surface area contributed by atoms with Crippen molar-refractivity contribution in [2.24, 2.45) is 11.3 Å². The van der Waals surface area contributed by atoms with Crippen LogP contribution in [0.2, 0.25) is 0 Å². The number of rotatable bonds is 2. The normalized spacial score (nSPS) is 32.1. The van der Waals surface area contributed by atoms with Crippen molar-refractivity contribution in [3.8, 4) is 0 Å². The summed E-state index contributed by atoms with van der Waals surface area (Å²) in [6, 6.07) is 0. The monoisotopic (exact) mass is 186 g/mol. The average Bonchev–Trinajstić information content (AvgIpc) is 2.50. The zero-order valence-electron chi connectivity index (χ0n) is 9.46. The van der Waals surface area contributed by atoms with Crippen LogP contribution in [-0.4, -0.2) is 19.0 Å². The second-order valence-electron chi connectivity index (χ2n) is 5.09. The van der Waals surface area contributed by atoms with E-state index in [1.54, 1.807) is 0 Å². The first-order valence-corrected chi connectivity index (χ1v) is 5.22. The molecule has 0 spiro atoms. The van der Waals surface area contributed by atoms with Crippen LogP contribution in [0.1, 0.15) is 41.0 Å². The van der Waals surface area contributed by atoms with Crippen LogP contribution in [0.5, 0.6) is 0 Å². The fourth-order valence-electron chi connectivity index (χ4n) is 1.43. The lowest BCUT2D eigenvalue weighted by Crippen LogP contribution is -2.28. The van der Waals surface area contributed by atoms with E-state index in [4.69, 9.17) is 9.47 Å². The molecule has 1 fully saturated rings. The highest BCUT2D eigenvalue weighted by Gasteiger charge is 2.36. The van der Waals surface area contributed by atoms with Crippen molar-refractivity contribution in [3.63, 3.8) is 0 Å². The molecule has 2 heteroatoms. The second-order valence-corrected chi connectivity index (χ2v) is 5.09. The van der Waals surface area contributed by atoms with E-state index in [-0.39, 0.29) is 11.7 Å². The Labute approximate surface area is 81.6 Å². The van der Waals surface area contributed by atoms with Crippen molar-refractivity contribution in [2.75, 3.05) is 6.61 Å². The van der Waals surface area contributed by atoms with E-state index in [0.717, 1.165) is 13.0 Å². The molecule has 0 radical (unpaired) electrons. The van der Waals surface area contributed by atoms with Crippen LogP contribution in [-0.2, 0) is 9.47 Å². The maximum atomic E-state index is 5.86. The molecule has 0 aliphatic carbocycles. The van der Waals surface area contributed by atoms with Gasteiger partial charge in [0.25, 0.3) is 0 Å². The molecule has 1 heterocycles. The summed E-state index contributed by atoms with van der Waals surface area (Å²) in [6.45, 7) is 11.6. The van der Waals surface area contributed by atoms with Gasteiger partial charge in [-0.25, -0.2) is 0 Å². The van der Waals surface area contributed by atoms with Gasteiger partial charge in [-0.2, -0.15) is 0 Å². The minimum absolute atomic E-state index is 0.0218. The maximum Gasteiger partial charge on any atom is 0.162 e. The van der Waals surface area contributed by atoms with Crippen molar-refractivity contribution in [3.05, 3.63) is 0 Å². The first-order chi connectivity index (χ1) is 5.95. The van der Waals surface area contributed by atoms with Gasteiger partial charge < -0.3 is 9.47 Å². The molecule has 78 valence electrons. The van der Waals surface area contributed by atoms with Crippen molar-refractivity contribution in [2.45, 2.75) is 53.4 Å². The third kappa shape index (κ3) is 2.68. The maximum absolute atomic E-state index is 5.86. The molecule has 0 aromatic carbocycles. The Morgan fingerprint density at radius 3 is 2.38 bits per heavy atom. The summed E-state index contributed by atoms with van der Waals surface area (Å²) in [6.07, 6.45) is 1.44. The van der Waals surface area contributed by atoms with Crippen LogP contribution in [0.4, 0.5) is 0 Å². The molecule has 0 aromatic rings. The summed E-state index contributed by atoms with van der Waals surface area (Å²) in [4.78, 5) is 0. The molecule has 13 heavy (non-hydrogen) atoms. The SMILES string of the molecule is CCC(C)C1COC(C(C)(C)C)O1.